The molecule has 2 N–H and O–H groups in total. The van der Waals surface area contributed by atoms with Crippen molar-refractivity contribution in [3.63, 3.8) is 0 Å². The van der Waals surface area contributed by atoms with Crippen LogP contribution < -0.4 is 5.73 Å². The predicted molar refractivity (Wildman–Crippen MR) is 79.1 cm³/mol. The summed E-state index contributed by atoms with van der Waals surface area (Å²) in [4.78, 5) is 0. The van der Waals surface area contributed by atoms with Crippen molar-refractivity contribution in [1.29, 1.82) is 5.26 Å². The molecular formula is C17H23N3. The van der Waals surface area contributed by atoms with Crippen molar-refractivity contribution in [2.24, 2.45) is 23.7 Å². The van der Waals surface area contributed by atoms with E-state index in [-0.39, 0.29) is 0 Å². The molecule has 0 radical (unpaired) electrons. The quantitative estimate of drug-likeness (QED) is 0.847. The molecule has 1 aromatic rings. The fourth-order valence-corrected chi connectivity index (χ4v) is 5.70. The molecule has 4 fully saturated rings. The van der Waals surface area contributed by atoms with Crippen LogP contribution in [0.3, 0.4) is 0 Å². The van der Waals surface area contributed by atoms with Crippen LogP contribution in [0.25, 0.3) is 0 Å². The van der Waals surface area contributed by atoms with E-state index in [2.05, 4.69) is 17.6 Å². The van der Waals surface area contributed by atoms with E-state index < -0.39 is 0 Å². The molecule has 0 spiro atoms. The topological polar surface area (TPSA) is 54.7 Å². The molecule has 4 aliphatic carbocycles. The van der Waals surface area contributed by atoms with Gasteiger partial charge < -0.3 is 10.3 Å². The van der Waals surface area contributed by atoms with Crippen LogP contribution in [0.15, 0.2) is 0 Å². The Hall–Kier alpha value is -1.43. The Morgan fingerprint density at radius 2 is 1.60 bits per heavy atom. The molecule has 0 saturated heterocycles. The second kappa shape index (κ2) is 4.04. The van der Waals surface area contributed by atoms with E-state index in [0.29, 0.717) is 11.6 Å². The minimum absolute atomic E-state index is 0.559. The summed E-state index contributed by atoms with van der Waals surface area (Å²) in [6, 6.07) is 2.86. The van der Waals surface area contributed by atoms with Crippen molar-refractivity contribution in [2.75, 3.05) is 5.73 Å². The average molecular weight is 269 g/mol. The molecule has 20 heavy (non-hydrogen) atoms. The molecule has 0 aromatic carbocycles. The van der Waals surface area contributed by atoms with E-state index in [9.17, 15) is 5.26 Å². The minimum atomic E-state index is 0.559. The number of hydrogen-bond acceptors (Lipinski definition) is 2. The summed E-state index contributed by atoms with van der Waals surface area (Å²) in [6.07, 6.45) is 7.01. The summed E-state index contributed by atoms with van der Waals surface area (Å²) >= 11 is 0. The minimum Gasteiger partial charge on any atom is -0.384 e. The molecule has 0 unspecified atom stereocenters. The van der Waals surface area contributed by atoms with Gasteiger partial charge >= 0.3 is 0 Å². The number of hydrogen-bond donors (Lipinski definition) is 1. The molecule has 0 amide bonds. The number of anilines is 1. The van der Waals surface area contributed by atoms with Gasteiger partial charge in [0.05, 0.1) is 5.56 Å². The number of nitrogens with two attached hydrogens (primary N) is 1. The standard InChI is InChI=1S/C17H23N3/c1-9-10(2)20(17(19)15(9)8-18)16-13-4-11-3-12(6-13)7-14(16)5-11/h11-14,16H,3-7,19H2,1-2H3. The zero-order valence-electron chi connectivity index (χ0n) is 12.4. The summed E-state index contributed by atoms with van der Waals surface area (Å²) in [5.74, 6) is 4.26. The maximum absolute atomic E-state index is 9.34. The largest absolute Gasteiger partial charge is 0.384 e. The van der Waals surface area contributed by atoms with E-state index in [1.807, 2.05) is 6.92 Å². The van der Waals surface area contributed by atoms with Gasteiger partial charge in [-0.1, -0.05) is 0 Å². The SMILES string of the molecule is Cc1c(C#N)c(N)n(C2C3CC4CC(C3)CC2C4)c1C. The van der Waals surface area contributed by atoms with Gasteiger partial charge in [-0.2, -0.15) is 5.26 Å². The first kappa shape index (κ1) is 12.3. The van der Waals surface area contributed by atoms with Crippen LogP contribution in [0.5, 0.6) is 0 Å². The number of rotatable bonds is 1. The molecule has 3 heteroatoms. The first-order valence-electron chi connectivity index (χ1n) is 7.97. The van der Waals surface area contributed by atoms with Crippen LogP contribution in [0.4, 0.5) is 5.82 Å². The zero-order valence-corrected chi connectivity index (χ0v) is 12.4. The molecule has 4 bridgehead atoms. The van der Waals surface area contributed by atoms with Crippen LogP contribution in [0, 0.1) is 48.9 Å². The van der Waals surface area contributed by atoms with Gasteiger partial charge in [-0.25, -0.2) is 0 Å². The molecule has 3 nitrogen and oxygen atoms in total. The van der Waals surface area contributed by atoms with Gasteiger partial charge in [-0.3, -0.25) is 0 Å². The Morgan fingerprint density at radius 3 is 2.05 bits per heavy atom. The normalized spacial score (nSPS) is 38.1. The Kier molecular flexibility index (Phi) is 2.49. The number of nitrogen functional groups attached to an aromatic ring is 1. The van der Waals surface area contributed by atoms with E-state index in [1.54, 1.807) is 0 Å². The molecule has 0 atom stereocenters. The van der Waals surface area contributed by atoms with E-state index >= 15 is 0 Å². The maximum atomic E-state index is 9.34. The van der Waals surface area contributed by atoms with Crippen molar-refractivity contribution in [2.45, 2.75) is 52.0 Å². The third-order valence-corrected chi connectivity index (χ3v) is 6.38. The monoisotopic (exact) mass is 269 g/mol. The van der Waals surface area contributed by atoms with Gasteiger partial charge in [0.1, 0.15) is 11.9 Å². The Labute approximate surface area is 120 Å². The van der Waals surface area contributed by atoms with Crippen molar-refractivity contribution in [1.82, 2.24) is 4.57 Å². The van der Waals surface area contributed by atoms with Crippen molar-refractivity contribution < 1.29 is 0 Å². The highest BCUT2D eigenvalue weighted by Crippen LogP contribution is 2.59. The first-order chi connectivity index (χ1) is 9.60. The lowest BCUT2D eigenvalue weighted by Gasteiger charge is -2.55. The van der Waals surface area contributed by atoms with Crippen LogP contribution in [0.1, 0.15) is 55.0 Å². The van der Waals surface area contributed by atoms with Gasteiger partial charge in [0, 0.05) is 11.7 Å². The van der Waals surface area contributed by atoms with E-state index in [4.69, 9.17) is 5.73 Å². The highest BCUT2D eigenvalue weighted by atomic mass is 15.1. The summed E-state index contributed by atoms with van der Waals surface area (Å²) in [6.45, 7) is 4.18. The Morgan fingerprint density at radius 1 is 1.05 bits per heavy atom. The average Bonchev–Trinajstić information content (AvgIpc) is 2.61. The van der Waals surface area contributed by atoms with Crippen LogP contribution in [-0.4, -0.2) is 4.57 Å². The summed E-state index contributed by atoms with van der Waals surface area (Å²) in [7, 11) is 0. The fourth-order valence-electron chi connectivity index (χ4n) is 5.70. The number of aromatic nitrogens is 1. The van der Waals surface area contributed by atoms with Gasteiger partial charge in [0.2, 0.25) is 0 Å². The van der Waals surface area contributed by atoms with E-state index in [1.165, 1.54) is 37.8 Å². The van der Waals surface area contributed by atoms with Crippen molar-refractivity contribution in [3.8, 4) is 6.07 Å². The van der Waals surface area contributed by atoms with Crippen molar-refractivity contribution in [3.05, 3.63) is 16.8 Å². The molecule has 0 aliphatic heterocycles. The van der Waals surface area contributed by atoms with Gasteiger partial charge in [-0.15, -0.1) is 0 Å². The molecule has 4 saturated carbocycles. The first-order valence-corrected chi connectivity index (χ1v) is 7.97. The Bertz CT molecular complexity index is 577. The lowest BCUT2D eigenvalue weighted by molar-refractivity contribution is -0.0288. The lowest BCUT2D eigenvalue weighted by Crippen LogP contribution is -2.46. The third kappa shape index (κ3) is 1.45. The third-order valence-electron chi connectivity index (χ3n) is 6.38. The number of nitriles is 1. The lowest BCUT2D eigenvalue weighted by atomic mass is 9.54. The Balaban J connectivity index is 1.81. The zero-order chi connectivity index (χ0) is 14.0. The summed E-state index contributed by atoms with van der Waals surface area (Å²) in [5.41, 5.74) is 9.34. The molecule has 4 aliphatic rings. The summed E-state index contributed by atoms with van der Waals surface area (Å²) in [5, 5.41) is 9.34. The smallest absolute Gasteiger partial charge is 0.122 e. The van der Waals surface area contributed by atoms with Gasteiger partial charge in [0.25, 0.3) is 0 Å². The van der Waals surface area contributed by atoms with E-state index in [0.717, 1.165) is 35.1 Å². The molecular weight excluding hydrogens is 246 g/mol. The molecule has 5 rings (SSSR count). The van der Waals surface area contributed by atoms with Gasteiger partial charge in [-0.05, 0) is 75.2 Å². The molecule has 1 aromatic heterocycles. The van der Waals surface area contributed by atoms with Gasteiger partial charge in [0.15, 0.2) is 0 Å². The van der Waals surface area contributed by atoms with Crippen molar-refractivity contribution >= 4 is 5.82 Å². The highest BCUT2D eigenvalue weighted by molar-refractivity contribution is 5.58. The number of nitrogens with zero attached hydrogens (tertiary/aromatic N) is 2. The second-order valence-corrected chi connectivity index (χ2v) is 7.37. The van der Waals surface area contributed by atoms with Crippen LogP contribution in [-0.2, 0) is 0 Å². The highest BCUT2D eigenvalue weighted by Gasteiger charge is 2.49. The maximum Gasteiger partial charge on any atom is 0.122 e. The van der Waals surface area contributed by atoms with Crippen LogP contribution >= 0.6 is 0 Å². The summed E-state index contributed by atoms with van der Waals surface area (Å²) < 4.78 is 2.33. The molecule has 1 heterocycles. The van der Waals surface area contributed by atoms with Crippen LogP contribution in [0.2, 0.25) is 0 Å². The fraction of sp³-hybridized carbons (Fsp3) is 0.706. The molecule has 106 valence electrons. The predicted octanol–water partition coefficient (Wildman–Crippen LogP) is 3.56. The second-order valence-electron chi connectivity index (χ2n) is 7.37.